The Morgan fingerprint density at radius 3 is 2.55 bits per heavy atom. The second-order valence-corrected chi connectivity index (χ2v) is 5.23. The summed E-state index contributed by atoms with van der Waals surface area (Å²) in [6.45, 7) is 3.79. The number of ether oxygens (including phenoxy) is 1. The minimum absolute atomic E-state index is 0.0229. The minimum Gasteiger partial charge on any atom is -0.483 e. The van der Waals surface area contributed by atoms with E-state index in [0.29, 0.717) is 4.47 Å². The predicted molar refractivity (Wildman–Crippen MR) is 79.1 cm³/mol. The molecule has 0 aliphatic rings. The molecule has 0 saturated heterocycles. The highest BCUT2D eigenvalue weighted by Gasteiger charge is 2.14. The molecule has 0 aliphatic carbocycles. The van der Waals surface area contributed by atoms with Crippen molar-refractivity contribution in [2.24, 2.45) is 0 Å². The van der Waals surface area contributed by atoms with Gasteiger partial charge in [-0.3, -0.25) is 4.79 Å². The lowest BCUT2D eigenvalue weighted by Crippen LogP contribution is -2.37. The van der Waals surface area contributed by atoms with Crippen molar-refractivity contribution in [1.82, 2.24) is 5.32 Å². The standard InChI is InChI=1S/C14H18BrNO4/c1-3-10(4-2)16-13(17)8-20-12-6-5-9(15)7-11(12)14(18)19/h5-7,10H,3-4,8H2,1-2H3,(H,16,17)(H,18,19). The van der Waals surface area contributed by atoms with Crippen molar-refractivity contribution in [1.29, 1.82) is 0 Å². The molecule has 110 valence electrons. The fourth-order valence-electron chi connectivity index (χ4n) is 1.70. The lowest BCUT2D eigenvalue weighted by atomic mass is 10.2. The quantitative estimate of drug-likeness (QED) is 0.798. The highest BCUT2D eigenvalue weighted by atomic mass is 79.9. The molecule has 0 radical (unpaired) electrons. The van der Waals surface area contributed by atoms with Crippen molar-refractivity contribution in [2.75, 3.05) is 6.61 Å². The van der Waals surface area contributed by atoms with E-state index in [1.165, 1.54) is 12.1 Å². The summed E-state index contributed by atoms with van der Waals surface area (Å²) < 4.78 is 5.93. The second-order valence-electron chi connectivity index (χ2n) is 4.32. The molecule has 20 heavy (non-hydrogen) atoms. The van der Waals surface area contributed by atoms with E-state index in [2.05, 4.69) is 21.2 Å². The van der Waals surface area contributed by atoms with Crippen LogP contribution >= 0.6 is 15.9 Å². The number of nitrogens with one attached hydrogen (secondary N) is 1. The maximum Gasteiger partial charge on any atom is 0.339 e. The molecular weight excluding hydrogens is 326 g/mol. The first kappa shape index (κ1) is 16.5. The van der Waals surface area contributed by atoms with Gasteiger partial charge in [-0.1, -0.05) is 29.8 Å². The first-order valence-electron chi connectivity index (χ1n) is 6.42. The van der Waals surface area contributed by atoms with Crippen molar-refractivity contribution in [3.63, 3.8) is 0 Å². The van der Waals surface area contributed by atoms with Crippen LogP contribution in [0.4, 0.5) is 0 Å². The van der Waals surface area contributed by atoms with Gasteiger partial charge >= 0.3 is 5.97 Å². The molecule has 0 heterocycles. The highest BCUT2D eigenvalue weighted by molar-refractivity contribution is 9.10. The topological polar surface area (TPSA) is 75.6 Å². The van der Waals surface area contributed by atoms with E-state index in [-0.39, 0.29) is 29.9 Å². The Hall–Kier alpha value is -1.56. The van der Waals surface area contributed by atoms with Crippen molar-refractivity contribution in [3.8, 4) is 5.75 Å². The molecule has 0 aromatic heterocycles. The van der Waals surface area contributed by atoms with Crippen LogP contribution in [0.25, 0.3) is 0 Å². The van der Waals surface area contributed by atoms with Gasteiger partial charge in [-0.25, -0.2) is 4.79 Å². The van der Waals surface area contributed by atoms with Gasteiger partial charge in [0.1, 0.15) is 11.3 Å². The first-order chi connectivity index (χ1) is 9.47. The number of aromatic carboxylic acids is 1. The SMILES string of the molecule is CCC(CC)NC(=O)COc1ccc(Br)cc1C(=O)O. The molecule has 0 spiro atoms. The number of carbonyl (C=O) groups is 2. The lowest BCUT2D eigenvalue weighted by Gasteiger charge is -2.15. The fraction of sp³-hybridized carbons (Fsp3) is 0.429. The molecule has 0 aliphatic heterocycles. The Bertz CT molecular complexity index is 486. The van der Waals surface area contributed by atoms with Gasteiger partial charge in [-0.2, -0.15) is 0 Å². The Balaban J connectivity index is 2.66. The Morgan fingerprint density at radius 1 is 1.35 bits per heavy atom. The summed E-state index contributed by atoms with van der Waals surface area (Å²) in [7, 11) is 0. The van der Waals surface area contributed by atoms with E-state index in [0.717, 1.165) is 12.8 Å². The number of carbonyl (C=O) groups excluding carboxylic acids is 1. The van der Waals surface area contributed by atoms with Crippen LogP contribution in [-0.4, -0.2) is 29.6 Å². The predicted octanol–water partition coefficient (Wildman–Crippen LogP) is 2.83. The molecular formula is C14H18BrNO4. The number of carboxylic acid groups (broad SMARTS) is 1. The van der Waals surface area contributed by atoms with Gasteiger partial charge in [0, 0.05) is 10.5 Å². The van der Waals surface area contributed by atoms with E-state index in [1.807, 2.05) is 13.8 Å². The van der Waals surface area contributed by atoms with E-state index in [1.54, 1.807) is 6.07 Å². The highest BCUT2D eigenvalue weighted by Crippen LogP contribution is 2.23. The third-order valence-electron chi connectivity index (χ3n) is 2.88. The smallest absolute Gasteiger partial charge is 0.339 e. The van der Waals surface area contributed by atoms with E-state index < -0.39 is 5.97 Å². The zero-order valence-corrected chi connectivity index (χ0v) is 13.1. The number of carboxylic acids is 1. The van der Waals surface area contributed by atoms with E-state index in [4.69, 9.17) is 9.84 Å². The molecule has 5 nitrogen and oxygen atoms in total. The molecule has 0 bridgehead atoms. The monoisotopic (exact) mass is 343 g/mol. The van der Waals surface area contributed by atoms with Gasteiger partial charge < -0.3 is 15.2 Å². The molecule has 0 fully saturated rings. The van der Waals surface area contributed by atoms with Crippen LogP contribution in [0.5, 0.6) is 5.75 Å². The average molecular weight is 344 g/mol. The summed E-state index contributed by atoms with van der Waals surface area (Å²) in [4.78, 5) is 22.8. The third kappa shape index (κ3) is 4.85. The van der Waals surface area contributed by atoms with Crippen LogP contribution < -0.4 is 10.1 Å². The van der Waals surface area contributed by atoms with Crippen LogP contribution in [0.1, 0.15) is 37.0 Å². The zero-order chi connectivity index (χ0) is 15.1. The summed E-state index contributed by atoms with van der Waals surface area (Å²) in [6.07, 6.45) is 1.70. The fourth-order valence-corrected chi connectivity index (χ4v) is 2.06. The molecule has 0 unspecified atom stereocenters. The van der Waals surface area contributed by atoms with Gasteiger partial charge in [0.25, 0.3) is 5.91 Å². The number of rotatable bonds is 7. The van der Waals surface area contributed by atoms with Crippen LogP contribution in [0.3, 0.4) is 0 Å². The van der Waals surface area contributed by atoms with Crippen LogP contribution in [0.15, 0.2) is 22.7 Å². The Labute approximate surface area is 126 Å². The second kappa shape index (κ2) is 7.89. The molecule has 0 atom stereocenters. The molecule has 1 rings (SSSR count). The minimum atomic E-state index is -1.10. The van der Waals surface area contributed by atoms with Gasteiger partial charge in [0.2, 0.25) is 0 Å². The summed E-state index contributed by atoms with van der Waals surface area (Å²) in [5.74, 6) is -1.17. The Morgan fingerprint density at radius 2 is 2.00 bits per heavy atom. The normalized spacial score (nSPS) is 10.4. The summed E-state index contributed by atoms with van der Waals surface area (Å²) in [5.41, 5.74) is 0.0229. The van der Waals surface area contributed by atoms with Crippen LogP contribution in [0, 0.1) is 0 Å². The van der Waals surface area contributed by atoms with Crippen molar-refractivity contribution < 1.29 is 19.4 Å². The van der Waals surface area contributed by atoms with Crippen LogP contribution in [0.2, 0.25) is 0 Å². The molecule has 1 aromatic rings. The Kier molecular flexibility index (Phi) is 6.51. The largest absolute Gasteiger partial charge is 0.483 e. The number of hydrogen-bond acceptors (Lipinski definition) is 3. The lowest BCUT2D eigenvalue weighted by molar-refractivity contribution is -0.123. The van der Waals surface area contributed by atoms with Crippen LogP contribution in [-0.2, 0) is 4.79 Å². The molecule has 0 saturated carbocycles. The molecule has 2 N–H and O–H groups in total. The number of halogens is 1. The van der Waals surface area contributed by atoms with Gasteiger partial charge in [0.05, 0.1) is 0 Å². The summed E-state index contributed by atoms with van der Waals surface area (Å²) in [6, 6.07) is 4.75. The third-order valence-corrected chi connectivity index (χ3v) is 3.37. The summed E-state index contributed by atoms with van der Waals surface area (Å²) in [5, 5.41) is 11.9. The zero-order valence-electron chi connectivity index (χ0n) is 11.5. The van der Waals surface area contributed by atoms with E-state index in [9.17, 15) is 9.59 Å². The molecule has 1 aromatic carbocycles. The number of amides is 1. The van der Waals surface area contributed by atoms with Crippen molar-refractivity contribution >= 4 is 27.8 Å². The van der Waals surface area contributed by atoms with Crippen molar-refractivity contribution in [2.45, 2.75) is 32.7 Å². The van der Waals surface area contributed by atoms with Gasteiger partial charge in [0.15, 0.2) is 6.61 Å². The average Bonchev–Trinajstić information content (AvgIpc) is 2.43. The summed E-state index contributed by atoms with van der Waals surface area (Å²) >= 11 is 3.20. The first-order valence-corrected chi connectivity index (χ1v) is 7.22. The number of benzene rings is 1. The maximum absolute atomic E-state index is 11.7. The molecule has 1 amide bonds. The maximum atomic E-state index is 11.7. The number of hydrogen-bond donors (Lipinski definition) is 2. The van der Waals surface area contributed by atoms with Gasteiger partial charge in [-0.05, 0) is 31.0 Å². The molecule has 6 heteroatoms. The van der Waals surface area contributed by atoms with Gasteiger partial charge in [-0.15, -0.1) is 0 Å². The van der Waals surface area contributed by atoms with Crippen molar-refractivity contribution in [3.05, 3.63) is 28.2 Å². The van der Waals surface area contributed by atoms with E-state index >= 15 is 0 Å².